The van der Waals surface area contributed by atoms with Crippen molar-refractivity contribution in [1.29, 1.82) is 15.8 Å². The van der Waals surface area contributed by atoms with E-state index < -0.39 is 34.6 Å². The zero-order chi connectivity index (χ0) is 44.5. The first-order valence-corrected chi connectivity index (χ1v) is 19.8. The molecule has 0 aliphatic rings. The van der Waals surface area contributed by atoms with E-state index in [9.17, 15) is 15.8 Å². The minimum Gasteiger partial charge on any atom is -0.309 e. The molecule has 0 radical (unpaired) electrons. The van der Waals surface area contributed by atoms with Crippen LogP contribution < -0.4 is 0 Å². The summed E-state index contributed by atoms with van der Waals surface area (Å²) in [6.07, 6.45) is -10.5. The fourth-order valence-corrected chi connectivity index (χ4v) is 9.01. The Morgan fingerprint density at radius 1 is 0.359 bits per heavy atom. The van der Waals surface area contributed by atoms with E-state index in [1.54, 1.807) is 106 Å². The first-order valence-electron chi connectivity index (χ1n) is 19.8. The number of nitrogens with zero attached hydrogens (tertiary/aromatic N) is 5. The van der Waals surface area contributed by atoms with Crippen molar-refractivity contribution in [3.63, 3.8) is 0 Å². The van der Waals surface area contributed by atoms with Crippen molar-refractivity contribution in [3.8, 4) is 63.0 Å². The van der Waals surface area contributed by atoms with Crippen LogP contribution >= 0.6 is 0 Å². The molecule has 0 aliphatic carbocycles. The van der Waals surface area contributed by atoms with Crippen LogP contribution in [0.5, 0.6) is 0 Å². The average Bonchev–Trinajstić information content (AvgIpc) is 3.82. The van der Waals surface area contributed by atoms with Crippen LogP contribution in [0.15, 0.2) is 164 Å². The maximum Gasteiger partial charge on any atom is 0.417 e. The van der Waals surface area contributed by atoms with Gasteiger partial charge < -0.3 is 9.13 Å². The lowest BCUT2D eigenvalue weighted by atomic mass is 9.90. The van der Waals surface area contributed by atoms with Crippen LogP contribution in [0.4, 0.5) is 26.3 Å². The summed E-state index contributed by atoms with van der Waals surface area (Å²) in [7, 11) is 0. The maximum atomic E-state index is 15.3. The lowest BCUT2D eigenvalue weighted by Crippen LogP contribution is -2.15. The predicted molar refractivity (Wildman–Crippen MR) is 236 cm³/mol. The molecule has 5 nitrogen and oxygen atoms in total. The molecule has 0 spiro atoms. The van der Waals surface area contributed by atoms with Crippen molar-refractivity contribution < 1.29 is 26.3 Å². The molecule has 0 saturated carbocycles. The minimum atomic E-state index is -5.24. The van der Waals surface area contributed by atoms with Crippen LogP contribution in [0, 0.1) is 34.0 Å². The molecule has 64 heavy (non-hydrogen) atoms. The van der Waals surface area contributed by atoms with Gasteiger partial charge in [-0.05, 0) is 82.9 Å². The first-order chi connectivity index (χ1) is 30.9. The van der Waals surface area contributed by atoms with Crippen LogP contribution in [-0.2, 0) is 12.4 Å². The second-order valence-electron chi connectivity index (χ2n) is 15.2. The Bertz CT molecular complexity index is 3670. The Morgan fingerprint density at radius 2 is 0.781 bits per heavy atom. The topological polar surface area (TPSA) is 81.2 Å². The minimum absolute atomic E-state index is 0.0349. The van der Waals surface area contributed by atoms with E-state index >= 15 is 26.3 Å². The third-order valence-corrected chi connectivity index (χ3v) is 11.7. The van der Waals surface area contributed by atoms with Crippen molar-refractivity contribution in [2.24, 2.45) is 0 Å². The highest BCUT2D eigenvalue weighted by Crippen LogP contribution is 2.49. The standard InChI is InChI=1S/C53H27F6N5/c54-52(55,56)43-16-9-17-44(53(57,58)59)51(43)42-27-47(63-45-18-7-5-14-38(45)40-22-20-31(24-48(40)63)36-12-3-1-10-33(36)28-60)35(30-62)26-50(42)64-46-19-8-6-15-39(46)41-23-21-32(25-49(41)64)37-13-4-2-11-34(37)29-61/h1-27H. The number of benzene rings is 8. The van der Waals surface area contributed by atoms with Gasteiger partial charge in [0.1, 0.15) is 6.07 Å². The number of para-hydroxylation sites is 2. The van der Waals surface area contributed by atoms with E-state index in [1.165, 1.54) is 12.1 Å². The third-order valence-electron chi connectivity index (χ3n) is 11.7. The van der Waals surface area contributed by atoms with E-state index in [0.29, 0.717) is 89.1 Å². The summed E-state index contributed by atoms with van der Waals surface area (Å²) in [5.41, 5.74) is 0.373. The summed E-state index contributed by atoms with van der Waals surface area (Å²) in [5, 5.41) is 33.8. The molecule has 306 valence electrons. The maximum absolute atomic E-state index is 15.3. The Labute approximate surface area is 360 Å². The number of hydrogen-bond donors (Lipinski definition) is 0. The van der Waals surface area contributed by atoms with Gasteiger partial charge in [0, 0.05) is 32.7 Å². The molecule has 0 amide bonds. The van der Waals surface area contributed by atoms with E-state index in [0.717, 1.165) is 6.07 Å². The molecule has 0 aliphatic heterocycles. The molecule has 0 N–H and O–H groups in total. The van der Waals surface area contributed by atoms with Crippen molar-refractivity contribution in [2.75, 3.05) is 0 Å². The van der Waals surface area contributed by atoms with Gasteiger partial charge in [0.25, 0.3) is 0 Å². The van der Waals surface area contributed by atoms with E-state index in [2.05, 4.69) is 18.2 Å². The molecule has 0 unspecified atom stereocenters. The van der Waals surface area contributed by atoms with Crippen LogP contribution in [0.1, 0.15) is 27.8 Å². The summed E-state index contributed by atoms with van der Waals surface area (Å²) in [4.78, 5) is 0. The van der Waals surface area contributed by atoms with Crippen LogP contribution in [0.2, 0.25) is 0 Å². The van der Waals surface area contributed by atoms with Gasteiger partial charge in [-0.25, -0.2) is 0 Å². The highest BCUT2D eigenvalue weighted by Gasteiger charge is 2.42. The molecule has 8 aromatic carbocycles. The SMILES string of the molecule is N#Cc1ccccc1-c1ccc2c3ccccc3n(-c3cc(-c4c(C(F)(F)F)cccc4C(F)(F)F)c(-n4c5ccccc5c5ccc(-c6ccccc6C#N)cc54)cc3C#N)c2c1. The molecule has 10 aromatic rings. The molecule has 0 bridgehead atoms. The number of halogens is 6. The Kier molecular flexibility index (Phi) is 9.14. The molecular weight excluding hydrogens is 821 g/mol. The number of hydrogen-bond acceptors (Lipinski definition) is 3. The second kappa shape index (κ2) is 14.8. The van der Waals surface area contributed by atoms with Gasteiger partial charge in [0.2, 0.25) is 0 Å². The number of rotatable bonds is 5. The molecule has 11 heteroatoms. The summed E-state index contributed by atoms with van der Waals surface area (Å²) in [5.74, 6) is 0. The van der Waals surface area contributed by atoms with Crippen molar-refractivity contribution in [1.82, 2.24) is 9.13 Å². The Hall–Kier alpha value is -8.59. The van der Waals surface area contributed by atoms with Gasteiger partial charge in [-0.15, -0.1) is 0 Å². The van der Waals surface area contributed by atoms with Gasteiger partial charge in [0.15, 0.2) is 0 Å². The largest absolute Gasteiger partial charge is 0.417 e. The third kappa shape index (κ3) is 6.23. The molecule has 2 aromatic heterocycles. The molecule has 0 fully saturated rings. The monoisotopic (exact) mass is 847 g/mol. The smallest absolute Gasteiger partial charge is 0.309 e. The summed E-state index contributed by atoms with van der Waals surface area (Å²) in [6.45, 7) is 0. The van der Waals surface area contributed by atoms with Crippen LogP contribution in [0.25, 0.3) is 88.4 Å². The molecule has 2 heterocycles. The van der Waals surface area contributed by atoms with Crippen molar-refractivity contribution in [2.45, 2.75) is 12.4 Å². The lowest BCUT2D eigenvalue weighted by Gasteiger charge is -2.24. The molecule has 0 saturated heterocycles. The van der Waals surface area contributed by atoms with Gasteiger partial charge in [0.05, 0.1) is 73.4 Å². The molecular formula is C53H27F6N5. The zero-order valence-corrected chi connectivity index (χ0v) is 33.1. The van der Waals surface area contributed by atoms with Crippen molar-refractivity contribution in [3.05, 3.63) is 192 Å². The summed E-state index contributed by atoms with van der Waals surface area (Å²) in [6, 6.07) is 50.2. The van der Waals surface area contributed by atoms with Gasteiger partial charge in [-0.1, -0.05) is 103 Å². The van der Waals surface area contributed by atoms with E-state index in [-0.39, 0.29) is 16.9 Å². The number of nitriles is 3. The average molecular weight is 848 g/mol. The number of fused-ring (bicyclic) bond motifs is 6. The van der Waals surface area contributed by atoms with Gasteiger partial charge >= 0.3 is 12.4 Å². The predicted octanol–water partition coefficient (Wildman–Crippen LogP) is 14.5. The molecule has 0 atom stereocenters. The first kappa shape index (κ1) is 39.5. The molecule has 10 rings (SSSR count). The highest BCUT2D eigenvalue weighted by atomic mass is 19.4. The van der Waals surface area contributed by atoms with Gasteiger partial charge in [-0.3, -0.25) is 0 Å². The normalized spacial score (nSPS) is 11.9. The summed E-state index contributed by atoms with van der Waals surface area (Å²) >= 11 is 0. The fourth-order valence-electron chi connectivity index (χ4n) is 9.01. The number of alkyl halides is 6. The number of aromatic nitrogens is 2. The van der Waals surface area contributed by atoms with Gasteiger partial charge in [-0.2, -0.15) is 42.1 Å². The van der Waals surface area contributed by atoms with Crippen LogP contribution in [-0.4, -0.2) is 9.13 Å². The quantitative estimate of drug-likeness (QED) is 0.162. The van der Waals surface area contributed by atoms with E-state index in [1.807, 2.05) is 36.4 Å². The van der Waals surface area contributed by atoms with Crippen LogP contribution in [0.3, 0.4) is 0 Å². The zero-order valence-electron chi connectivity index (χ0n) is 33.1. The Balaban J connectivity index is 1.38. The second-order valence-corrected chi connectivity index (χ2v) is 15.2. The fraction of sp³-hybridized carbons (Fsp3) is 0.0377. The summed E-state index contributed by atoms with van der Waals surface area (Å²) < 4.78 is 95.2. The van der Waals surface area contributed by atoms with Crippen molar-refractivity contribution >= 4 is 43.6 Å². The van der Waals surface area contributed by atoms with E-state index in [4.69, 9.17) is 0 Å². The highest BCUT2D eigenvalue weighted by molar-refractivity contribution is 6.12. The lowest BCUT2D eigenvalue weighted by molar-refractivity contribution is -0.142. The Morgan fingerprint density at radius 3 is 1.25 bits per heavy atom.